The number of alkyl carbamates (subject to hydrolysis) is 1. The number of fused-ring (bicyclic) bond motifs is 3. The molecular formula is C26H25N3O5S. The van der Waals surface area contributed by atoms with Crippen molar-refractivity contribution in [2.24, 2.45) is 0 Å². The molecule has 0 bridgehead atoms. The van der Waals surface area contributed by atoms with Gasteiger partial charge in [0.1, 0.15) is 22.5 Å². The van der Waals surface area contributed by atoms with E-state index >= 15 is 0 Å². The summed E-state index contributed by atoms with van der Waals surface area (Å²) in [5, 5.41) is 12.6. The summed E-state index contributed by atoms with van der Waals surface area (Å²) in [7, 11) is 0. The van der Waals surface area contributed by atoms with Crippen LogP contribution in [0.5, 0.6) is 0 Å². The third-order valence-electron chi connectivity index (χ3n) is 6.44. The molecule has 2 aliphatic rings. The molecule has 1 saturated carbocycles. The summed E-state index contributed by atoms with van der Waals surface area (Å²) in [6, 6.07) is 15.3. The van der Waals surface area contributed by atoms with E-state index < -0.39 is 18.1 Å². The Labute approximate surface area is 206 Å². The van der Waals surface area contributed by atoms with Crippen LogP contribution in [0.25, 0.3) is 11.1 Å². The Morgan fingerprint density at radius 2 is 1.74 bits per heavy atom. The summed E-state index contributed by atoms with van der Waals surface area (Å²) in [5.74, 6) is -1.40. The highest BCUT2D eigenvalue weighted by atomic mass is 32.1. The van der Waals surface area contributed by atoms with Crippen molar-refractivity contribution in [1.29, 1.82) is 0 Å². The van der Waals surface area contributed by atoms with E-state index in [2.05, 4.69) is 34.6 Å². The van der Waals surface area contributed by atoms with Crippen molar-refractivity contribution in [2.45, 2.75) is 44.3 Å². The lowest BCUT2D eigenvalue weighted by atomic mass is 9.98. The van der Waals surface area contributed by atoms with E-state index in [0.717, 1.165) is 46.4 Å². The van der Waals surface area contributed by atoms with Crippen LogP contribution >= 0.6 is 11.3 Å². The van der Waals surface area contributed by atoms with Crippen LogP contribution < -0.4 is 5.32 Å². The second-order valence-corrected chi connectivity index (χ2v) is 9.87. The smallest absolute Gasteiger partial charge is 0.407 e. The molecule has 2 amide bonds. The van der Waals surface area contributed by atoms with Gasteiger partial charge in [-0.1, -0.05) is 48.5 Å². The first-order valence-corrected chi connectivity index (χ1v) is 12.3. The molecule has 2 aromatic carbocycles. The van der Waals surface area contributed by atoms with E-state index in [4.69, 9.17) is 4.74 Å². The largest absolute Gasteiger partial charge is 0.480 e. The molecule has 5 rings (SSSR count). The molecule has 8 nitrogen and oxygen atoms in total. The molecule has 0 aliphatic heterocycles. The van der Waals surface area contributed by atoms with Crippen LogP contribution in [0.2, 0.25) is 0 Å². The predicted octanol–water partition coefficient (Wildman–Crippen LogP) is 4.26. The number of carboxylic acids is 1. The lowest BCUT2D eigenvalue weighted by Crippen LogP contribution is -2.44. The van der Waals surface area contributed by atoms with Crippen molar-refractivity contribution >= 4 is 29.3 Å². The average Bonchev–Trinajstić information content (AvgIpc) is 3.48. The first-order chi connectivity index (χ1) is 16.9. The Balaban J connectivity index is 1.18. The second-order valence-electron chi connectivity index (χ2n) is 8.76. The molecule has 3 aromatic rings. The first kappa shape index (κ1) is 23.0. The van der Waals surface area contributed by atoms with Crippen LogP contribution in [0, 0.1) is 0 Å². The minimum atomic E-state index is -1.04. The zero-order valence-corrected chi connectivity index (χ0v) is 20.0. The molecule has 0 spiro atoms. The molecule has 2 aliphatic carbocycles. The van der Waals surface area contributed by atoms with Gasteiger partial charge in [0, 0.05) is 12.0 Å². The molecule has 1 fully saturated rings. The van der Waals surface area contributed by atoms with Crippen molar-refractivity contribution in [3.63, 3.8) is 0 Å². The van der Waals surface area contributed by atoms with E-state index in [9.17, 15) is 19.5 Å². The highest BCUT2D eigenvalue weighted by molar-refractivity contribution is 7.13. The number of aromatic nitrogens is 1. The van der Waals surface area contributed by atoms with Gasteiger partial charge in [0.25, 0.3) is 5.91 Å². The van der Waals surface area contributed by atoms with Crippen LogP contribution in [0.4, 0.5) is 4.79 Å². The average molecular weight is 492 g/mol. The third-order valence-corrected chi connectivity index (χ3v) is 7.43. The summed E-state index contributed by atoms with van der Waals surface area (Å²) < 4.78 is 5.54. The van der Waals surface area contributed by atoms with Gasteiger partial charge in [0.2, 0.25) is 0 Å². The van der Waals surface area contributed by atoms with E-state index in [1.807, 2.05) is 24.3 Å². The molecular weight excluding hydrogens is 466 g/mol. The fourth-order valence-corrected chi connectivity index (χ4v) is 5.35. The van der Waals surface area contributed by atoms with E-state index in [-0.39, 0.29) is 31.0 Å². The molecule has 1 atom stereocenters. The zero-order valence-electron chi connectivity index (χ0n) is 19.1. The molecule has 0 radical (unpaired) electrons. The number of ether oxygens (including phenoxy) is 1. The summed E-state index contributed by atoms with van der Waals surface area (Å²) in [5.41, 5.74) is 4.60. The molecule has 0 saturated heterocycles. The highest BCUT2D eigenvalue weighted by Crippen LogP contribution is 2.44. The van der Waals surface area contributed by atoms with E-state index in [1.165, 1.54) is 18.0 Å². The maximum Gasteiger partial charge on any atom is 0.407 e. The van der Waals surface area contributed by atoms with Crippen molar-refractivity contribution in [1.82, 2.24) is 15.2 Å². The quantitative estimate of drug-likeness (QED) is 0.487. The fraction of sp³-hybridized carbons (Fsp3) is 0.308. The molecule has 2 N–H and O–H groups in total. The molecule has 180 valence electrons. The van der Waals surface area contributed by atoms with Gasteiger partial charge >= 0.3 is 12.1 Å². The maximum absolute atomic E-state index is 12.9. The Kier molecular flexibility index (Phi) is 6.25. The minimum absolute atomic E-state index is 0.0260. The molecule has 1 aromatic heterocycles. The Morgan fingerprint density at radius 1 is 1.11 bits per heavy atom. The summed E-state index contributed by atoms with van der Waals surface area (Å²) in [4.78, 5) is 42.7. The van der Waals surface area contributed by atoms with Gasteiger partial charge in [-0.3, -0.25) is 4.79 Å². The Hall–Kier alpha value is -3.72. The van der Waals surface area contributed by atoms with Crippen LogP contribution in [-0.2, 0) is 16.1 Å². The van der Waals surface area contributed by atoms with Crippen molar-refractivity contribution in [3.05, 3.63) is 75.7 Å². The predicted molar refractivity (Wildman–Crippen MR) is 130 cm³/mol. The first-order valence-electron chi connectivity index (χ1n) is 11.5. The number of nitrogens with one attached hydrogen (secondary N) is 1. The number of carbonyl (C=O) groups is 3. The number of hydrogen-bond acceptors (Lipinski definition) is 6. The number of carboxylic acid groups (broad SMARTS) is 1. The van der Waals surface area contributed by atoms with Crippen LogP contribution in [0.3, 0.4) is 0 Å². The van der Waals surface area contributed by atoms with Gasteiger partial charge in [0.15, 0.2) is 0 Å². The standard InChI is InChI=1S/C26H25N3O5S/c1-15(25(31)32)29(16-10-11-16)24(30)22-12-27-23(35-22)13-28-26(33)34-14-21-19-8-4-2-6-17(19)18-7-3-5-9-20(18)21/h2-9,12,15-16,21H,10-11,13-14H2,1H3,(H,28,33)(H,31,32). The number of carbonyl (C=O) groups excluding carboxylic acids is 2. The summed E-state index contributed by atoms with van der Waals surface area (Å²) in [6.07, 6.45) is 2.48. The maximum atomic E-state index is 12.9. The summed E-state index contributed by atoms with van der Waals surface area (Å²) >= 11 is 1.14. The highest BCUT2D eigenvalue weighted by Gasteiger charge is 2.39. The van der Waals surface area contributed by atoms with Gasteiger partial charge < -0.3 is 20.1 Å². The summed E-state index contributed by atoms with van der Waals surface area (Å²) in [6.45, 7) is 1.84. The Morgan fingerprint density at radius 3 is 2.34 bits per heavy atom. The number of aliphatic carboxylic acids is 1. The second kappa shape index (κ2) is 9.50. The van der Waals surface area contributed by atoms with Gasteiger partial charge in [0.05, 0.1) is 12.7 Å². The topological polar surface area (TPSA) is 109 Å². The Bertz CT molecular complexity index is 1240. The van der Waals surface area contributed by atoms with Crippen LogP contribution in [0.15, 0.2) is 54.7 Å². The molecule has 1 unspecified atom stereocenters. The SMILES string of the molecule is CC(C(=O)O)N(C(=O)c1cnc(CNC(=O)OCC2c3ccccc3-c3ccccc32)s1)C1CC1. The van der Waals surface area contributed by atoms with Crippen LogP contribution in [0.1, 0.15) is 51.5 Å². The van der Waals surface area contributed by atoms with Crippen molar-refractivity contribution < 1.29 is 24.2 Å². The molecule has 9 heteroatoms. The monoisotopic (exact) mass is 491 g/mol. The molecule has 35 heavy (non-hydrogen) atoms. The van der Waals surface area contributed by atoms with Gasteiger partial charge in [-0.25, -0.2) is 14.6 Å². The number of amides is 2. The van der Waals surface area contributed by atoms with Gasteiger partial charge in [-0.2, -0.15) is 0 Å². The molecule has 1 heterocycles. The van der Waals surface area contributed by atoms with Gasteiger partial charge in [-0.05, 0) is 42.0 Å². The van der Waals surface area contributed by atoms with Crippen molar-refractivity contribution in [2.75, 3.05) is 6.61 Å². The van der Waals surface area contributed by atoms with Crippen molar-refractivity contribution in [3.8, 4) is 11.1 Å². The lowest BCUT2D eigenvalue weighted by Gasteiger charge is -2.25. The number of nitrogens with zero attached hydrogens (tertiary/aromatic N) is 2. The van der Waals surface area contributed by atoms with Gasteiger partial charge in [-0.15, -0.1) is 11.3 Å². The fourth-order valence-electron chi connectivity index (χ4n) is 4.54. The zero-order chi connectivity index (χ0) is 24.5. The number of benzene rings is 2. The lowest BCUT2D eigenvalue weighted by molar-refractivity contribution is -0.141. The normalized spacial score (nSPS) is 15.1. The third kappa shape index (κ3) is 4.64. The van der Waals surface area contributed by atoms with E-state index in [0.29, 0.717) is 9.88 Å². The van der Waals surface area contributed by atoms with E-state index in [1.54, 1.807) is 0 Å². The number of rotatable bonds is 8. The minimum Gasteiger partial charge on any atom is -0.480 e. The van der Waals surface area contributed by atoms with Crippen LogP contribution in [-0.4, -0.2) is 51.7 Å². The number of hydrogen-bond donors (Lipinski definition) is 2. The number of thiazole rings is 1.